The maximum atomic E-state index is 11.9. The van der Waals surface area contributed by atoms with Crippen LogP contribution in [0.5, 0.6) is 0 Å². The van der Waals surface area contributed by atoms with Gasteiger partial charge in [0.25, 0.3) is 5.91 Å². The van der Waals surface area contributed by atoms with E-state index < -0.39 is 5.97 Å². The summed E-state index contributed by atoms with van der Waals surface area (Å²) in [6.45, 7) is 2.80. The lowest BCUT2D eigenvalue weighted by Gasteiger charge is -2.32. The number of anilines is 1. The number of carbonyl (C=O) groups is 2. The molecule has 1 aliphatic rings. The third-order valence-electron chi connectivity index (χ3n) is 3.42. The van der Waals surface area contributed by atoms with Gasteiger partial charge in [-0.1, -0.05) is 0 Å². The molecule has 0 radical (unpaired) electrons. The number of aryl methyl sites for hydroxylation is 1. The summed E-state index contributed by atoms with van der Waals surface area (Å²) in [7, 11) is 3.72. The number of nitrogens with two attached hydrogens (primary N) is 1. The van der Waals surface area contributed by atoms with E-state index in [0.717, 1.165) is 13.1 Å². The third-order valence-corrected chi connectivity index (χ3v) is 3.42. The van der Waals surface area contributed by atoms with Crippen molar-refractivity contribution >= 4 is 17.6 Å². The summed E-state index contributed by atoms with van der Waals surface area (Å²) >= 11 is 0. The monoisotopic (exact) mass is 280 g/mol. The van der Waals surface area contributed by atoms with Crippen LogP contribution in [0.15, 0.2) is 12.3 Å². The smallest absolute Gasteiger partial charge is 0.355 e. The molecule has 20 heavy (non-hydrogen) atoms. The summed E-state index contributed by atoms with van der Waals surface area (Å²) in [5.74, 6) is -0.694. The second-order valence-corrected chi connectivity index (χ2v) is 5.03. The summed E-state index contributed by atoms with van der Waals surface area (Å²) < 4.78 is 6.63. The number of nitrogen functional groups attached to an aromatic ring is 1. The first-order chi connectivity index (χ1) is 9.47. The highest BCUT2D eigenvalue weighted by Crippen LogP contribution is 2.10. The van der Waals surface area contributed by atoms with Crippen LogP contribution in [0.25, 0.3) is 0 Å². The van der Waals surface area contributed by atoms with E-state index in [1.54, 1.807) is 22.7 Å². The Morgan fingerprint density at radius 1 is 1.25 bits per heavy atom. The van der Waals surface area contributed by atoms with Crippen LogP contribution in [0, 0.1) is 0 Å². The number of nitrogens with zero attached hydrogens (tertiary/aromatic N) is 3. The van der Waals surface area contributed by atoms with Gasteiger partial charge in [0, 0.05) is 39.4 Å². The Balaban J connectivity index is 1.84. The first kappa shape index (κ1) is 14.4. The lowest BCUT2D eigenvalue weighted by atomic mass is 10.3. The molecular weight excluding hydrogens is 260 g/mol. The van der Waals surface area contributed by atoms with Crippen LogP contribution in [0.3, 0.4) is 0 Å². The van der Waals surface area contributed by atoms with Gasteiger partial charge in [-0.15, -0.1) is 0 Å². The molecule has 2 heterocycles. The highest BCUT2D eigenvalue weighted by molar-refractivity contribution is 5.91. The zero-order valence-corrected chi connectivity index (χ0v) is 11.8. The largest absolute Gasteiger partial charge is 0.451 e. The van der Waals surface area contributed by atoms with Gasteiger partial charge in [-0.05, 0) is 13.1 Å². The number of likely N-dealkylation sites (N-methyl/N-ethyl adjacent to an activating group) is 1. The molecule has 1 amide bonds. The Labute approximate surface area is 117 Å². The minimum Gasteiger partial charge on any atom is -0.451 e. The maximum Gasteiger partial charge on any atom is 0.355 e. The predicted molar refractivity (Wildman–Crippen MR) is 74.2 cm³/mol. The van der Waals surface area contributed by atoms with E-state index in [1.165, 1.54) is 6.07 Å². The fourth-order valence-corrected chi connectivity index (χ4v) is 2.14. The van der Waals surface area contributed by atoms with Crippen molar-refractivity contribution in [3.63, 3.8) is 0 Å². The van der Waals surface area contributed by atoms with Crippen molar-refractivity contribution in [3.8, 4) is 0 Å². The van der Waals surface area contributed by atoms with Crippen LogP contribution in [0.4, 0.5) is 5.69 Å². The SMILES string of the molecule is CN1CCN(C(=O)COC(=O)c2cc(N)cn2C)CC1. The topological polar surface area (TPSA) is 80.8 Å². The van der Waals surface area contributed by atoms with E-state index in [1.807, 2.05) is 7.05 Å². The molecule has 0 saturated carbocycles. The molecule has 2 rings (SSSR count). The van der Waals surface area contributed by atoms with Crippen LogP contribution >= 0.6 is 0 Å². The van der Waals surface area contributed by atoms with Crippen molar-refractivity contribution in [2.75, 3.05) is 45.6 Å². The number of aromatic nitrogens is 1. The van der Waals surface area contributed by atoms with Gasteiger partial charge in [-0.3, -0.25) is 4.79 Å². The van der Waals surface area contributed by atoms with Crippen LogP contribution in [-0.4, -0.2) is 66.1 Å². The van der Waals surface area contributed by atoms with Crippen molar-refractivity contribution in [1.82, 2.24) is 14.4 Å². The molecular formula is C13H20N4O3. The lowest BCUT2D eigenvalue weighted by Crippen LogP contribution is -2.48. The Kier molecular flexibility index (Phi) is 4.29. The molecule has 0 aromatic carbocycles. The lowest BCUT2D eigenvalue weighted by molar-refractivity contribution is -0.136. The van der Waals surface area contributed by atoms with E-state index in [4.69, 9.17) is 10.5 Å². The molecule has 0 unspecified atom stereocenters. The van der Waals surface area contributed by atoms with Gasteiger partial charge in [0.05, 0.1) is 5.69 Å². The molecule has 7 nitrogen and oxygen atoms in total. The molecule has 1 aromatic heterocycles. The third kappa shape index (κ3) is 3.30. The van der Waals surface area contributed by atoms with Gasteiger partial charge in [-0.2, -0.15) is 0 Å². The summed E-state index contributed by atoms with van der Waals surface area (Å²) in [5.41, 5.74) is 6.43. The van der Waals surface area contributed by atoms with Gasteiger partial charge in [-0.25, -0.2) is 4.79 Å². The van der Waals surface area contributed by atoms with Crippen molar-refractivity contribution in [3.05, 3.63) is 18.0 Å². The predicted octanol–water partition coefficient (Wildman–Crippen LogP) is -0.462. The molecule has 1 fully saturated rings. The van der Waals surface area contributed by atoms with Crippen LogP contribution in [0.2, 0.25) is 0 Å². The fraction of sp³-hybridized carbons (Fsp3) is 0.538. The number of carbonyl (C=O) groups excluding carboxylic acids is 2. The maximum absolute atomic E-state index is 11.9. The van der Waals surface area contributed by atoms with E-state index in [0.29, 0.717) is 24.5 Å². The Hall–Kier alpha value is -2.02. The number of rotatable bonds is 3. The minimum absolute atomic E-state index is 0.159. The molecule has 0 bridgehead atoms. The summed E-state index contributed by atoms with van der Waals surface area (Å²) in [6, 6.07) is 1.53. The van der Waals surface area contributed by atoms with Gasteiger partial charge < -0.3 is 24.8 Å². The van der Waals surface area contributed by atoms with Crippen LogP contribution in [-0.2, 0) is 16.6 Å². The van der Waals surface area contributed by atoms with E-state index >= 15 is 0 Å². The zero-order chi connectivity index (χ0) is 14.7. The summed E-state index contributed by atoms with van der Waals surface area (Å²) in [4.78, 5) is 27.6. The number of piperazine rings is 1. The molecule has 0 atom stereocenters. The van der Waals surface area contributed by atoms with E-state index in [9.17, 15) is 9.59 Å². The first-order valence-electron chi connectivity index (χ1n) is 6.52. The van der Waals surface area contributed by atoms with Gasteiger partial charge in [0.1, 0.15) is 5.69 Å². The highest BCUT2D eigenvalue weighted by atomic mass is 16.5. The van der Waals surface area contributed by atoms with Crippen molar-refractivity contribution in [2.24, 2.45) is 7.05 Å². The molecule has 0 aliphatic carbocycles. The summed E-state index contributed by atoms with van der Waals surface area (Å²) in [5, 5.41) is 0. The summed E-state index contributed by atoms with van der Waals surface area (Å²) in [6.07, 6.45) is 1.62. The normalized spacial score (nSPS) is 16.2. The molecule has 2 N–H and O–H groups in total. The van der Waals surface area contributed by atoms with E-state index in [-0.39, 0.29) is 12.5 Å². The minimum atomic E-state index is -0.535. The van der Waals surface area contributed by atoms with Crippen molar-refractivity contribution in [1.29, 1.82) is 0 Å². The van der Waals surface area contributed by atoms with Gasteiger partial charge >= 0.3 is 5.97 Å². The second-order valence-electron chi connectivity index (χ2n) is 5.03. The first-order valence-corrected chi connectivity index (χ1v) is 6.52. The fourth-order valence-electron chi connectivity index (χ4n) is 2.14. The van der Waals surface area contributed by atoms with Crippen LogP contribution in [0.1, 0.15) is 10.5 Å². The Morgan fingerprint density at radius 2 is 1.90 bits per heavy atom. The van der Waals surface area contributed by atoms with E-state index in [2.05, 4.69) is 4.90 Å². The number of hydrogen-bond acceptors (Lipinski definition) is 5. The quantitative estimate of drug-likeness (QED) is 0.758. The Bertz CT molecular complexity index is 504. The highest BCUT2D eigenvalue weighted by Gasteiger charge is 2.21. The standard InChI is InChI=1S/C13H20N4O3/c1-15-3-5-17(6-4-15)12(18)9-20-13(19)11-7-10(14)8-16(11)2/h7-8H,3-6,9,14H2,1-2H3. The Morgan fingerprint density at radius 3 is 2.45 bits per heavy atom. The molecule has 1 saturated heterocycles. The van der Waals surface area contributed by atoms with Crippen LogP contribution < -0.4 is 5.73 Å². The average Bonchev–Trinajstić information content (AvgIpc) is 2.75. The molecule has 1 aliphatic heterocycles. The number of ether oxygens (including phenoxy) is 1. The zero-order valence-electron chi connectivity index (χ0n) is 11.8. The van der Waals surface area contributed by atoms with Gasteiger partial charge in [0.15, 0.2) is 6.61 Å². The average molecular weight is 280 g/mol. The van der Waals surface area contributed by atoms with Gasteiger partial charge in [0.2, 0.25) is 0 Å². The van der Waals surface area contributed by atoms with Crippen molar-refractivity contribution in [2.45, 2.75) is 0 Å². The number of esters is 1. The second kappa shape index (κ2) is 5.96. The molecule has 0 spiro atoms. The number of amides is 1. The number of hydrogen-bond donors (Lipinski definition) is 1. The molecule has 1 aromatic rings. The molecule has 7 heteroatoms. The molecule has 110 valence electrons. The van der Waals surface area contributed by atoms with Crippen molar-refractivity contribution < 1.29 is 14.3 Å².